The predicted molar refractivity (Wildman–Crippen MR) is 88.7 cm³/mol. The third-order valence-corrected chi connectivity index (χ3v) is 4.30. The van der Waals surface area contributed by atoms with E-state index in [0.29, 0.717) is 12.5 Å². The van der Waals surface area contributed by atoms with Crippen LogP contribution in [0.4, 0.5) is 0 Å². The minimum absolute atomic E-state index is 0. The molecule has 22 heavy (non-hydrogen) atoms. The molecule has 7 nitrogen and oxygen atoms in total. The Labute approximate surface area is 139 Å². The molecular formula is C13H28ClN3O4S. The second-order valence-corrected chi connectivity index (χ2v) is 7.40. The van der Waals surface area contributed by atoms with Crippen LogP contribution in [0.25, 0.3) is 0 Å². The van der Waals surface area contributed by atoms with Gasteiger partial charge in [0.25, 0.3) is 0 Å². The van der Waals surface area contributed by atoms with Crippen LogP contribution in [0.5, 0.6) is 0 Å². The molecule has 0 radical (unpaired) electrons. The first kappa shape index (κ1) is 21.6. The summed E-state index contributed by atoms with van der Waals surface area (Å²) in [6.45, 7) is 5.19. The van der Waals surface area contributed by atoms with Crippen LogP contribution >= 0.6 is 12.4 Å². The van der Waals surface area contributed by atoms with E-state index in [0.717, 1.165) is 38.7 Å². The van der Waals surface area contributed by atoms with Crippen molar-refractivity contribution in [1.29, 1.82) is 0 Å². The molecule has 1 aliphatic heterocycles. The lowest BCUT2D eigenvalue weighted by Gasteiger charge is -2.19. The predicted octanol–water partition coefficient (Wildman–Crippen LogP) is -0.179. The number of hydrogen-bond donors (Lipinski definition) is 2. The van der Waals surface area contributed by atoms with Gasteiger partial charge in [-0.15, -0.1) is 12.4 Å². The summed E-state index contributed by atoms with van der Waals surface area (Å²) >= 11 is 0. The zero-order valence-corrected chi connectivity index (χ0v) is 15.1. The van der Waals surface area contributed by atoms with E-state index in [1.165, 1.54) is 0 Å². The number of amides is 1. The highest BCUT2D eigenvalue weighted by atomic mass is 35.5. The third-order valence-electron chi connectivity index (χ3n) is 3.63. The second-order valence-electron chi connectivity index (χ2n) is 5.57. The van der Waals surface area contributed by atoms with Crippen molar-refractivity contribution in [1.82, 2.24) is 14.9 Å². The van der Waals surface area contributed by atoms with Crippen molar-refractivity contribution in [2.24, 2.45) is 5.92 Å². The molecule has 0 aromatic rings. The van der Waals surface area contributed by atoms with E-state index in [4.69, 9.17) is 4.74 Å². The molecule has 0 bridgehead atoms. The molecule has 0 aromatic heterocycles. The van der Waals surface area contributed by atoms with E-state index >= 15 is 0 Å². The van der Waals surface area contributed by atoms with Gasteiger partial charge in [0.05, 0.1) is 19.4 Å². The summed E-state index contributed by atoms with van der Waals surface area (Å²) in [5, 5.41) is 2.94. The number of carbonyl (C=O) groups is 1. The Bertz CT molecular complexity index is 433. The van der Waals surface area contributed by atoms with Gasteiger partial charge in [-0.3, -0.25) is 9.69 Å². The standard InChI is InChI=1S/C13H27N3O4S.ClH/c1-4-5-11-9-16(6-7-20-2)10-12(11)15-13(17)8-14-21(3,18)19;/h11-12,14H,4-10H2,1-3H3,(H,15,17);1H/t11-,12-;/m0./s1. The lowest BCUT2D eigenvalue weighted by Crippen LogP contribution is -2.45. The Morgan fingerprint density at radius 2 is 2.05 bits per heavy atom. The van der Waals surface area contributed by atoms with Gasteiger partial charge < -0.3 is 10.1 Å². The fourth-order valence-corrected chi connectivity index (χ4v) is 3.04. The van der Waals surface area contributed by atoms with Gasteiger partial charge in [-0.25, -0.2) is 13.1 Å². The van der Waals surface area contributed by atoms with Crippen LogP contribution in [0, 0.1) is 5.92 Å². The Hall–Kier alpha value is -0.410. The number of halogens is 1. The monoisotopic (exact) mass is 357 g/mol. The Balaban J connectivity index is 0.00000441. The van der Waals surface area contributed by atoms with E-state index in [1.54, 1.807) is 7.11 Å². The highest BCUT2D eigenvalue weighted by Gasteiger charge is 2.32. The number of carbonyl (C=O) groups excluding carboxylic acids is 1. The fourth-order valence-electron chi connectivity index (χ4n) is 2.64. The van der Waals surface area contributed by atoms with Crippen LogP contribution in [0.15, 0.2) is 0 Å². The molecule has 1 rings (SSSR count). The molecule has 1 fully saturated rings. The molecule has 2 atom stereocenters. The zero-order chi connectivity index (χ0) is 15.9. The van der Waals surface area contributed by atoms with Gasteiger partial charge in [0.2, 0.25) is 15.9 Å². The summed E-state index contributed by atoms with van der Waals surface area (Å²) in [5.74, 6) is 0.133. The maximum atomic E-state index is 11.8. The van der Waals surface area contributed by atoms with Crippen LogP contribution in [-0.4, -0.2) is 71.4 Å². The van der Waals surface area contributed by atoms with Crippen molar-refractivity contribution in [2.75, 3.05) is 46.2 Å². The summed E-state index contributed by atoms with van der Waals surface area (Å²) in [7, 11) is -1.66. The number of hydrogen-bond acceptors (Lipinski definition) is 5. The number of nitrogens with zero attached hydrogens (tertiary/aromatic N) is 1. The zero-order valence-electron chi connectivity index (χ0n) is 13.5. The Morgan fingerprint density at radius 3 is 2.59 bits per heavy atom. The topological polar surface area (TPSA) is 87.7 Å². The third kappa shape index (κ3) is 8.28. The Kier molecular flexibility index (Phi) is 10.2. The molecule has 0 aliphatic carbocycles. The normalized spacial score (nSPS) is 22.3. The molecule has 0 spiro atoms. The van der Waals surface area contributed by atoms with Crippen molar-refractivity contribution < 1.29 is 17.9 Å². The number of sulfonamides is 1. The summed E-state index contributed by atoms with van der Waals surface area (Å²) in [6.07, 6.45) is 3.16. The van der Waals surface area contributed by atoms with Crippen molar-refractivity contribution in [3.05, 3.63) is 0 Å². The van der Waals surface area contributed by atoms with Gasteiger partial charge in [-0.05, 0) is 12.3 Å². The van der Waals surface area contributed by atoms with Gasteiger partial charge in [-0.1, -0.05) is 13.3 Å². The fraction of sp³-hybridized carbons (Fsp3) is 0.923. The average Bonchev–Trinajstić information content (AvgIpc) is 2.76. The van der Waals surface area contributed by atoms with E-state index in [-0.39, 0.29) is 30.9 Å². The molecule has 1 amide bonds. The average molecular weight is 358 g/mol. The minimum atomic E-state index is -3.34. The smallest absolute Gasteiger partial charge is 0.235 e. The van der Waals surface area contributed by atoms with E-state index in [1.807, 2.05) is 0 Å². The molecule has 0 unspecified atom stereocenters. The van der Waals surface area contributed by atoms with Gasteiger partial charge in [0, 0.05) is 32.8 Å². The van der Waals surface area contributed by atoms with Crippen molar-refractivity contribution in [3.63, 3.8) is 0 Å². The maximum absolute atomic E-state index is 11.8. The number of likely N-dealkylation sites (tertiary alicyclic amines) is 1. The minimum Gasteiger partial charge on any atom is -0.383 e. The van der Waals surface area contributed by atoms with Crippen LogP contribution < -0.4 is 10.0 Å². The molecule has 9 heteroatoms. The highest BCUT2D eigenvalue weighted by Crippen LogP contribution is 2.21. The maximum Gasteiger partial charge on any atom is 0.235 e. The van der Waals surface area contributed by atoms with Gasteiger partial charge in [0.1, 0.15) is 0 Å². The summed E-state index contributed by atoms with van der Waals surface area (Å²) in [4.78, 5) is 14.1. The Morgan fingerprint density at radius 1 is 1.36 bits per heavy atom. The first-order valence-electron chi connectivity index (χ1n) is 7.31. The number of ether oxygens (including phenoxy) is 1. The van der Waals surface area contributed by atoms with Gasteiger partial charge in [0.15, 0.2) is 0 Å². The van der Waals surface area contributed by atoms with E-state index < -0.39 is 10.0 Å². The van der Waals surface area contributed by atoms with Crippen LogP contribution in [0.3, 0.4) is 0 Å². The highest BCUT2D eigenvalue weighted by molar-refractivity contribution is 7.88. The second kappa shape index (κ2) is 10.4. The molecular weight excluding hydrogens is 330 g/mol. The molecule has 1 aliphatic rings. The van der Waals surface area contributed by atoms with Gasteiger partial charge in [-0.2, -0.15) is 0 Å². The van der Waals surface area contributed by atoms with Crippen LogP contribution in [0.1, 0.15) is 19.8 Å². The lowest BCUT2D eigenvalue weighted by atomic mass is 9.98. The SMILES string of the molecule is CCC[C@H]1CN(CCOC)C[C@@H]1NC(=O)CNS(C)(=O)=O.Cl. The van der Waals surface area contributed by atoms with E-state index in [2.05, 4.69) is 21.9 Å². The summed E-state index contributed by atoms with van der Waals surface area (Å²) in [6, 6.07) is 0.0793. The number of methoxy groups -OCH3 is 1. The summed E-state index contributed by atoms with van der Waals surface area (Å²) < 4.78 is 29.3. The van der Waals surface area contributed by atoms with Crippen LogP contribution in [-0.2, 0) is 19.6 Å². The number of nitrogens with one attached hydrogen (secondary N) is 2. The largest absolute Gasteiger partial charge is 0.383 e. The molecule has 1 saturated heterocycles. The van der Waals surface area contributed by atoms with Crippen molar-refractivity contribution >= 4 is 28.3 Å². The molecule has 0 saturated carbocycles. The molecule has 1 heterocycles. The quantitative estimate of drug-likeness (QED) is 0.597. The lowest BCUT2D eigenvalue weighted by molar-refractivity contribution is -0.120. The first-order chi connectivity index (χ1) is 9.85. The van der Waals surface area contributed by atoms with E-state index in [9.17, 15) is 13.2 Å². The number of rotatable bonds is 9. The molecule has 132 valence electrons. The molecule has 0 aromatic carbocycles. The first-order valence-corrected chi connectivity index (χ1v) is 9.20. The van der Waals surface area contributed by atoms with Crippen molar-refractivity contribution in [3.8, 4) is 0 Å². The van der Waals surface area contributed by atoms with Gasteiger partial charge >= 0.3 is 0 Å². The van der Waals surface area contributed by atoms with Crippen molar-refractivity contribution in [2.45, 2.75) is 25.8 Å². The summed E-state index contributed by atoms with van der Waals surface area (Å²) in [5.41, 5.74) is 0. The van der Waals surface area contributed by atoms with Crippen LogP contribution in [0.2, 0.25) is 0 Å². The molecule has 2 N–H and O–H groups in total.